The molecule has 112 valence electrons. The first-order valence-electron chi connectivity index (χ1n) is 7.30. The maximum Gasteiger partial charge on any atom is 0.121 e. The first-order valence-corrected chi connectivity index (χ1v) is 7.30. The third-order valence-electron chi connectivity index (χ3n) is 4.12. The molecule has 2 rings (SSSR count). The third-order valence-corrected chi connectivity index (χ3v) is 4.12. The van der Waals surface area contributed by atoms with E-state index < -0.39 is 0 Å². The van der Waals surface area contributed by atoms with E-state index >= 15 is 0 Å². The van der Waals surface area contributed by atoms with Crippen molar-refractivity contribution in [1.29, 1.82) is 0 Å². The molecule has 0 aromatic heterocycles. The number of nitrogens with two attached hydrogens (primary N) is 1. The van der Waals surface area contributed by atoms with Gasteiger partial charge in [0.05, 0.1) is 13.7 Å². The molecule has 1 heterocycles. The molecule has 2 unspecified atom stereocenters. The fraction of sp³-hybridized carbons (Fsp3) is 0.625. The van der Waals surface area contributed by atoms with Crippen molar-refractivity contribution in [3.63, 3.8) is 0 Å². The Balaban J connectivity index is 2.22. The zero-order valence-electron chi connectivity index (χ0n) is 12.8. The number of ether oxygens (including phenoxy) is 2. The molecule has 1 aromatic carbocycles. The van der Waals surface area contributed by atoms with E-state index in [0.717, 1.165) is 43.9 Å². The van der Waals surface area contributed by atoms with E-state index in [2.05, 4.69) is 24.0 Å². The van der Waals surface area contributed by atoms with Crippen LogP contribution in [0.15, 0.2) is 18.2 Å². The summed E-state index contributed by atoms with van der Waals surface area (Å²) in [5, 5.41) is 0. The van der Waals surface area contributed by atoms with Crippen LogP contribution < -0.4 is 10.5 Å². The molecular weight excluding hydrogens is 252 g/mol. The molecule has 2 N–H and O–H groups in total. The van der Waals surface area contributed by atoms with Crippen LogP contribution in [0.4, 0.5) is 0 Å². The predicted molar refractivity (Wildman–Crippen MR) is 81.1 cm³/mol. The molecule has 4 heteroatoms. The third kappa shape index (κ3) is 3.32. The number of likely N-dealkylation sites (tertiary alicyclic amines) is 1. The Hall–Kier alpha value is -1.10. The van der Waals surface area contributed by atoms with Gasteiger partial charge < -0.3 is 15.2 Å². The standard InChI is InChI=1S/C16H26N2O2/c1-12-11-13(6-7-15(12)20-3)16-14(17)5-4-8-18(16)9-10-19-2/h6-7,11,14,16H,4-5,8-10,17H2,1-3H3. The monoisotopic (exact) mass is 278 g/mol. The Labute approximate surface area is 121 Å². The average molecular weight is 278 g/mol. The van der Waals surface area contributed by atoms with E-state index in [0.29, 0.717) is 0 Å². The second kappa shape index (κ2) is 7.07. The summed E-state index contributed by atoms with van der Waals surface area (Å²) in [6.07, 6.45) is 2.25. The number of benzene rings is 1. The number of nitrogens with zero attached hydrogens (tertiary/aromatic N) is 1. The molecule has 2 atom stereocenters. The highest BCUT2D eigenvalue weighted by Crippen LogP contribution is 2.32. The summed E-state index contributed by atoms with van der Waals surface area (Å²) in [6, 6.07) is 6.85. The van der Waals surface area contributed by atoms with Crippen molar-refractivity contribution in [3.05, 3.63) is 29.3 Å². The van der Waals surface area contributed by atoms with Crippen molar-refractivity contribution >= 4 is 0 Å². The van der Waals surface area contributed by atoms with E-state index in [1.807, 2.05) is 6.07 Å². The average Bonchev–Trinajstić information content (AvgIpc) is 2.45. The summed E-state index contributed by atoms with van der Waals surface area (Å²) in [7, 11) is 3.45. The van der Waals surface area contributed by atoms with Crippen molar-refractivity contribution in [3.8, 4) is 5.75 Å². The Morgan fingerprint density at radius 2 is 2.15 bits per heavy atom. The normalized spacial score (nSPS) is 23.8. The SMILES string of the molecule is COCCN1CCCC(N)C1c1ccc(OC)c(C)c1. The zero-order chi connectivity index (χ0) is 14.5. The molecule has 0 spiro atoms. The van der Waals surface area contributed by atoms with Gasteiger partial charge in [-0.1, -0.05) is 12.1 Å². The molecule has 4 nitrogen and oxygen atoms in total. The number of aryl methyl sites for hydroxylation is 1. The van der Waals surface area contributed by atoms with Crippen LogP contribution in [0.1, 0.15) is 30.0 Å². The van der Waals surface area contributed by atoms with Crippen LogP contribution in [-0.4, -0.2) is 44.9 Å². The zero-order valence-corrected chi connectivity index (χ0v) is 12.8. The number of hydrogen-bond donors (Lipinski definition) is 1. The molecule has 0 bridgehead atoms. The maximum absolute atomic E-state index is 6.38. The first-order chi connectivity index (χ1) is 9.67. The highest BCUT2D eigenvalue weighted by molar-refractivity contribution is 5.38. The highest BCUT2D eigenvalue weighted by atomic mass is 16.5. The lowest BCUT2D eigenvalue weighted by Crippen LogP contribution is -2.46. The van der Waals surface area contributed by atoms with Crippen LogP contribution in [0.2, 0.25) is 0 Å². The first kappa shape index (κ1) is 15.3. The van der Waals surface area contributed by atoms with Gasteiger partial charge in [-0.15, -0.1) is 0 Å². The molecule has 0 amide bonds. The van der Waals surface area contributed by atoms with Crippen LogP contribution in [0.5, 0.6) is 5.75 Å². The molecule has 0 aliphatic carbocycles. The molecule has 1 aliphatic heterocycles. The Morgan fingerprint density at radius 1 is 1.35 bits per heavy atom. The Morgan fingerprint density at radius 3 is 2.80 bits per heavy atom. The van der Waals surface area contributed by atoms with E-state index in [1.165, 1.54) is 5.56 Å². The molecule has 0 radical (unpaired) electrons. The Bertz CT molecular complexity index is 436. The van der Waals surface area contributed by atoms with Gasteiger partial charge in [0.15, 0.2) is 0 Å². The molecule has 1 aromatic rings. The number of rotatable bonds is 5. The van der Waals surface area contributed by atoms with Gasteiger partial charge in [-0.05, 0) is 43.5 Å². The summed E-state index contributed by atoms with van der Waals surface area (Å²) in [4.78, 5) is 2.44. The number of hydrogen-bond acceptors (Lipinski definition) is 4. The summed E-state index contributed by atoms with van der Waals surface area (Å²) < 4.78 is 10.6. The van der Waals surface area contributed by atoms with Gasteiger partial charge in [-0.25, -0.2) is 0 Å². The van der Waals surface area contributed by atoms with Crippen LogP contribution in [0.3, 0.4) is 0 Å². The lowest BCUT2D eigenvalue weighted by molar-refractivity contribution is 0.0847. The van der Waals surface area contributed by atoms with Gasteiger partial charge in [0.25, 0.3) is 0 Å². The number of piperidine rings is 1. The molecular formula is C16H26N2O2. The fourth-order valence-electron chi connectivity index (χ4n) is 3.10. The molecule has 0 saturated carbocycles. The van der Waals surface area contributed by atoms with Gasteiger partial charge in [0, 0.05) is 25.7 Å². The minimum atomic E-state index is 0.188. The van der Waals surface area contributed by atoms with Crippen LogP contribution in [-0.2, 0) is 4.74 Å². The fourth-order valence-corrected chi connectivity index (χ4v) is 3.10. The molecule has 1 fully saturated rings. The molecule has 20 heavy (non-hydrogen) atoms. The quantitative estimate of drug-likeness (QED) is 0.896. The second-order valence-corrected chi connectivity index (χ2v) is 5.51. The summed E-state index contributed by atoms with van der Waals surface area (Å²) >= 11 is 0. The van der Waals surface area contributed by atoms with Gasteiger partial charge in [-0.3, -0.25) is 4.90 Å². The second-order valence-electron chi connectivity index (χ2n) is 5.51. The van der Waals surface area contributed by atoms with E-state index in [-0.39, 0.29) is 12.1 Å². The lowest BCUT2D eigenvalue weighted by Gasteiger charge is -2.40. The lowest BCUT2D eigenvalue weighted by atomic mass is 9.90. The van der Waals surface area contributed by atoms with Gasteiger partial charge in [0.1, 0.15) is 5.75 Å². The Kier molecular flexibility index (Phi) is 5.40. The highest BCUT2D eigenvalue weighted by Gasteiger charge is 2.30. The van der Waals surface area contributed by atoms with Crippen LogP contribution in [0, 0.1) is 6.92 Å². The largest absolute Gasteiger partial charge is 0.496 e. The topological polar surface area (TPSA) is 47.7 Å². The summed E-state index contributed by atoms with van der Waals surface area (Å²) in [6.45, 7) is 4.85. The van der Waals surface area contributed by atoms with Gasteiger partial charge >= 0.3 is 0 Å². The number of methoxy groups -OCH3 is 2. The smallest absolute Gasteiger partial charge is 0.121 e. The maximum atomic E-state index is 6.38. The minimum Gasteiger partial charge on any atom is -0.496 e. The molecule has 1 aliphatic rings. The summed E-state index contributed by atoms with van der Waals surface area (Å²) in [5.74, 6) is 0.932. The van der Waals surface area contributed by atoms with Crippen molar-refractivity contribution in [2.24, 2.45) is 5.73 Å². The molecule has 1 saturated heterocycles. The van der Waals surface area contributed by atoms with Crippen LogP contribution >= 0.6 is 0 Å². The van der Waals surface area contributed by atoms with E-state index in [4.69, 9.17) is 15.2 Å². The minimum absolute atomic E-state index is 0.188. The van der Waals surface area contributed by atoms with Gasteiger partial charge in [-0.2, -0.15) is 0 Å². The van der Waals surface area contributed by atoms with E-state index in [9.17, 15) is 0 Å². The van der Waals surface area contributed by atoms with Crippen molar-refractivity contribution in [1.82, 2.24) is 4.90 Å². The van der Waals surface area contributed by atoms with Crippen molar-refractivity contribution in [2.45, 2.75) is 31.8 Å². The van der Waals surface area contributed by atoms with E-state index in [1.54, 1.807) is 14.2 Å². The summed E-state index contributed by atoms with van der Waals surface area (Å²) in [5.41, 5.74) is 8.83. The predicted octanol–water partition coefficient (Wildman–Crippen LogP) is 2.11. The van der Waals surface area contributed by atoms with Crippen molar-refractivity contribution in [2.75, 3.05) is 33.9 Å². The van der Waals surface area contributed by atoms with Gasteiger partial charge in [0.2, 0.25) is 0 Å². The van der Waals surface area contributed by atoms with Crippen LogP contribution in [0.25, 0.3) is 0 Å². The van der Waals surface area contributed by atoms with Crippen molar-refractivity contribution < 1.29 is 9.47 Å².